The summed E-state index contributed by atoms with van der Waals surface area (Å²) in [6.45, 7) is 0. The zero-order chi connectivity index (χ0) is 14.7. The number of ether oxygens (including phenoxy) is 1. The molecule has 0 radical (unpaired) electrons. The molecule has 0 atom stereocenters. The number of para-hydroxylation sites is 1. The van der Waals surface area contributed by atoms with E-state index in [-0.39, 0.29) is 17.1 Å². The fraction of sp³-hybridized carbons (Fsp3) is 0. The highest BCUT2D eigenvalue weighted by molar-refractivity contribution is 9.11. The van der Waals surface area contributed by atoms with Gasteiger partial charge in [-0.2, -0.15) is 0 Å². The van der Waals surface area contributed by atoms with Crippen LogP contribution in [0.15, 0.2) is 45.3 Å². The minimum absolute atomic E-state index is 0.105. The van der Waals surface area contributed by atoms with E-state index in [2.05, 4.69) is 37.3 Å². The van der Waals surface area contributed by atoms with Crippen LogP contribution in [0.2, 0.25) is 0 Å². The molecular formula is C12H9Br2N3O3. The summed E-state index contributed by atoms with van der Waals surface area (Å²) >= 11 is 6.66. The number of nitrogens with two attached hydrogens (primary N) is 1. The zero-order valence-electron chi connectivity index (χ0n) is 9.97. The Bertz CT molecular complexity index is 664. The summed E-state index contributed by atoms with van der Waals surface area (Å²) in [6, 6.07) is 9.88. The van der Waals surface area contributed by atoms with Gasteiger partial charge in [-0.25, -0.2) is 0 Å². The highest BCUT2D eigenvalue weighted by Gasteiger charge is 2.21. The SMILES string of the molecule is NNc1cccc(Oc2ccc(Br)cc2Br)c1[N+](=O)[O-]. The van der Waals surface area contributed by atoms with Gasteiger partial charge in [-0.3, -0.25) is 16.0 Å². The van der Waals surface area contributed by atoms with Gasteiger partial charge in [-0.1, -0.05) is 22.0 Å². The molecule has 0 saturated carbocycles. The van der Waals surface area contributed by atoms with Crippen molar-refractivity contribution in [2.45, 2.75) is 0 Å². The van der Waals surface area contributed by atoms with Gasteiger partial charge >= 0.3 is 5.69 Å². The first-order valence-electron chi connectivity index (χ1n) is 5.40. The molecule has 0 spiro atoms. The van der Waals surface area contributed by atoms with Gasteiger partial charge in [0.25, 0.3) is 0 Å². The number of nitrogens with one attached hydrogen (secondary N) is 1. The maximum absolute atomic E-state index is 11.1. The second-order valence-electron chi connectivity index (χ2n) is 3.73. The van der Waals surface area contributed by atoms with Crippen LogP contribution in [-0.4, -0.2) is 4.92 Å². The summed E-state index contributed by atoms with van der Waals surface area (Å²) < 4.78 is 7.13. The number of hydrogen-bond donors (Lipinski definition) is 2. The quantitative estimate of drug-likeness (QED) is 0.454. The van der Waals surface area contributed by atoms with Crippen LogP contribution >= 0.6 is 31.9 Å². The Morgan fingerprint density at radius 3 is 2.55 bits per heavy atom. The number of anilines is 1. The molecule has 2 rings (SSSR count). The Hall–Kier alpha value is -1.64. The van der Waals surface area contributed by atoms with E-state index >= 15 is 0 Å². The van der Waals surface area contributed by atoms with E-state index in [0.717, 1.165) is 4.47 Å². The van der Waals surface area contributed by atoms with Crippen LogP contribution < -0.4 is 16.0 Å². The number of nitrogen functional groups attached to an aromatic ring is 1. The number of nitro benzene ring substituents is 1. The molecule has 2 aromatic carbocycles. The lowest BCUT2D eigenvalue weighted by atomic mass is 10.2. The molecule has 8 heteroatoms. The van der Waals surface area contributed by atoms with E-state index in [1.165, 1.54) is 12.1 Å². The fourth-order valence-electron chi connectivity index (χ4n) is 1.59. The van der Waals surface area contributed by atoms with Gasteiger partial charge in [0.05, 0.1) is 9.40 Å². The lowest BCUT2D eigenvalue weighted by Crippen LogP contribution is -2.09. The minimum atomic E-state index is -0.544. The third-order valence-electron chi connectivity index (χ3n) is 2.45. The van der Waals surface area contributed by atoms with Crippen molar-refractivity contribution >= 4 is 43.2 Å². The van der Waals surface area contributed by atoms with Crippen LogP contribution in [-0.2, 0) is 0 Å². The largest absolute Gasteiger partial charge is 0.449 e. The molecule has 20 heavy (non-hydrogen) atoms. The Labute approximate surface area is 131 Å². The molecule has 0 aliphatic carbocycles. The van der Waals surface area contributed by atoms with E-state index in [0.29, 0.717) is 10.2 Å². The second-order valence-corrected chi connectivity index (χ2v) is 5.50. The Kier molecular flexibility index (Phi) is 4.58. The average Bonchev–Trinajstić information content (AvgIpc) is 2.41. The van der Waals surface area contributed by atoms with Crippen molar-refractivity contribution in [2.24, 2.45) is 5.84 Å². The van der Waals surface area contributed by atoms with Crippen LogP contribution in [0.1, 0.15) is 0 Å². The molecule has 3 N–H and O–H groups in total. The predicted octanol–water partition coefficient (Wildman–Crippen LogP) is 4.20. The van der Waals surface area contributed by atoms with Gasteiger partial charge in [-0.05, 0) is 46.3 Å². The third-order valence-corrected chi connectivity index (χ3v) is 3.56. The molecule has 6 nitrogen and oxygen atoms in total. The fourth-order valence-corrected chi connectivity index (χ4v) is 2.71. The lowest BCUT2D eigenvalue weighted by Gasteiger charge is -2.10. The van der Waals surface area contributed by atoms with Crippen molar-refractivity contribution in [3.63, 3.8) is 0 Å². The van der Waals surface area contributed by atoms with Crippen LogP contribution in [0, 0.1) is 10.1 Å². The number of nitrogens with zero attached hydrogens (tertiary/aromatic N) is 1. The van der Waals surface area contributed by atoms with Crippen molar-refractivity contribution < 1.29 is 9.66 Å². The molecule has 0 saturated heterocycles. The molecule has 2 aromatic rings. The summed E-state index contributed by atoms with van der Waals surface area (Å²) in [6.07, 6.45) is 0. The lowest BCUT2D eigenvalue weighted by molar-refractivity contribution is -0.384. The van der Waals surface area contributed by atoms with E-state index in [9.17, 15) is 10.1 Å². The third kappa shape index (κ3) is 3.09. The Morgan fingerprint density at radius 1 is 1.20 bits per heavy atom. The molecule has 104 valence electrons. The van der Waals surface area contributed by atoms with Gasteiger partial charge in [-0.15, -0.1) is 0 Å². The van der Waals surface area contributed by atoms with Gasteiger partial charge in [0.15, 0.2) is 0 Å². The van der Waals surface area contributed by atoms with Crippen LogP contribution in [0.4, 0.5) is 11.4 Å². The Balaban J connectivity index is 2.45. The number of hydrogen-bond acceptors (Lipinski definition) is 5. The monoisotopic (exact) mass is 401 g/mol. The number of nitro groups is 1. The Morgan fingerprint density at radius 2 is 1.95 bits per heavy atom. The number of benzene rings is 2. The first kappa shape index (κ1) is 14.8. The smallest absolute Gasteiger partial charge is 0.335 e. The first-order valence-corrected chi connectivity index (χ1v) is 6.98. The van der Waals surface area contributed by atoms with Crippen molar-refractivity contribution in [3.8, 4) is 11.5 Å². The number of halogens is 2. The first-order chi connectivity index (χ1) is 9.52. The van der Waals surface area contributed by atoms with Crippen LogP contribution in [0.3, 0.4) is 0 Å². The van der Waals surface area contributed by atoms with E-state index < -0.39 is 4.92 Å². The van der Waals surface area contributed by atoms with Crippen molar-refractivity contribution in [1.29, 1.82) is 0 Å². The van der Waals surface area contributed by atoms with Gasteiger partial charge in [0.2, 0.25) is 5.75 Å². The molecule has 0 aliphatic heterocycles. The topological polar surface area (TPSA) is 90.4 Å². The van der Waals surface area contributed by atoms with Gasteiger partial charge in [0.1, 0.15) is 11.4 Å². The minimum Gasteiger partial charge on any atom is -0.449 e. The highest BCUT2D eigenvalue weighted by Crippen LogP contribution is 2.39. The van der Waals surface area contributed by atoms with E-state index in [1.807, 2.05) is 0 Å². The predicted molar refractivity (Wildman–Crippen MR) is 82.8 cm³/mol. The maximum atomic E-state index is 11.1. The van der Waals surface area contributed by atoms with Gasteiger partial charge < -0.3 is 10.2 Å². The van der Waals surface area contributed by atoms with Crippen molar-refractivity contribution in [2.75, 3.05) is 5.43 Å². The summed E-state index contributed by atoms with van der Waals surface area (Å²) in [5.41, 5.74) is 2.25. The molecule has 0 bridgehead atoms. The maximum Gasteiger partial charge on any atom is 0.335 e. The normalized spacial score (nSPS) is 10.2. The summed E-state index contributed by atoms with van der Waals surface area (Å²) in [4.78, 5) is 10.6. The molecule has 0 aromatic heterocycles. The zero-order valence-corrected chi connectivity index (χ0v) is 13.1. The van der Waals surface area contributed by atoms with Crippen LogP contribution in [0.5, 0.6) is 11.5 Å². The molecule has 0 heterocycles. The van der Waals surface area contributed by atoms with Crippen LogP contribution in [0.25, 0.3) is 0 Å². The molecular weight excluding hydrogens is 394 g/mol. The van der Waals surface area contributed by atoms with E-state index in [4.69, 9.17) is 10.6 Å². The number of hydrazine groups is 1. The number of rotatable bonds is 4. The average molecular weight is 403 g/mol. The van der Waals surface area contributed by atoms with Crippen molar-refractivity contribution in [3.05, 3.63) is 55.5 Å². The summed E-state index contributed by atoms with van der Waals surface area (Å²) in [7, 11) is 0. The standard InChI is InChI=1S/C12H9Br2N3O3/c13-7-4-5-10(8(14)6-7)20-11-3-1-2-9(16-15)12(11)17(18)19/h1-6,16H,15H2. The van der Waals surface area contributed by atoms with Gasteiger partial charge in [0, 0.05) is 4.47 Å². The highest BCUT2D eigenvalue weighted by atomic mass is 79.9. The molecule has 0 fully saturated rings. The van der Waals surface area contributed by atoms with E-state index in [1.54, 1.807) is 24.3 Å². The molecule has 0 amide bonds. The molecule has 0 unspecified atom stereocenters. The molecule has 0 aliphatic rings. The summed E-state index contributed by atoms with van der Waals surface area (Å²) in [5.74, 6) is 5.84. The summed E-state index contributed by atoms with van der Waals surface area (Å²) in [5, 5.41) is 11.1. The second kappa shape index (κ2) is 6.21. The van der Waals surface area contributed by atoms with Crippen molar-refractivity contribution in [1.82, 2.24) is 0 Å².